The Hall–Kier alpha value is -2.17. The van der Waals surface area contributed by atoms with Gasteiger partial charge < -0.3 is 10.5 Å². The van der Waals surface area contributed by atoms with Crippen LogP contribution in [-0.4, -0.2) is 44.2 Å². The molecule has 0 bridgehead atoms. The van der Waals surface area contributed by atoms with Gasteiger partial charge in [-0.2, -0.15) is 0 Å². The summed E-state index contributed by atoms with van der Waals surface area (Å²) in [5.41, 5.74) is 6.78. The third-order valence-electron chi connectivity index (χ3n) is 4.27. The molecule has 1 fully saturated rings. The van der Waals surface area contributed by atoms with Gasteiger partial charge in [-0.05, 0) is 5.57 Å². The van der Waals surface area contributed by atoms with Gasteiger partial charge in [0, 0.05) is 32.7 Å². The SMILES string of the molecule is COCCN1CC(C(N)=O)[C@@H](C2=C\C=C/C=C\C=C/C=C\C=C2)C1. The fourth-order valence-corrected chi connectivity index (χ4v) is 3.00. The molecule has 24 heavy (non-hydrogen) atoms. The maximum Gasteiger partial charge on any atom is 0.222 e. The molecule has 0 aromatic carbocycles. The van der Waals surface area contributed by atoms with E-state index in [9.17, 15) is 4.79 Å². The van der Waals surface area contributed by atoms with E-state index >= 15 is 0 Å². The normalized spacial score (nSPS) is 30.0. The molecule has 128 valence electrons. The lowest BCUT2D eigenvalue weighted by atomic mass is 9.87. The standard InChI is InChI=1S/C20H26N2O2/c1-24-14-13-22-15-18(19(16-22)20(21)23)17-11-9-7-5-3-2-4-6-8-10-12-17/h2-12,18-19H,13-16H2,1H3,(H2,21,23)/b3-2-,4-2?,5-3?,6-4-,7-5-,8-6?,9-7?,10-8-,11-9?,12-10?,17-11?,17-12?/t18-,19?/m1/s1. The summed E-state index contributed by atoms with van der Waals surface area (Å²) in [5.74, 6) is -0.294. The van der Waals surface area contributed by atoms with Crippen LogP contribution in [0.3, 0.4) is 0 Å². The molecule has 2 atom stereocenters. The van der Waals surface area contributed by atoms with Crippen molar-refractivity contribution in [2.24, 2.45) is 17.6 Å². The number of hydrogen-bond donors (Lipinski definition) is 1. The van der Waals surface area contributed by atoms with Crippen LogP contribution in [0.5, 0.6) is 0 Å². The maximum absolute atomic E-state index is 11.9. The molecule has 1 aliphatic carbocycles. The van der Waals surface area contributed by atoms with Crippen molar-refractivity contribution in [3.05, 3.63) is 72.4 Å². The smallest absolute Gasteiger partial charge is 0.222 e. The van der Waals surface area contributed by atoms with Crippen molar-refractivity contribution < 1.29 is 9.53 Å². The molecule has 1 heterocycles. The molecule has 2 aliphatic rings. The predicted octanol–water partition coefficient (Wildman–Crippen LogP) is 2.39. The number of carbonyl (C=O) groups excluding carboxylic acids is 1. The van der Waals surface area contributed by atoms with Gasteiger partial charge >= 0.3 is 0 Å². The van der Waals surface area contributed by atoms with Gasteiger partial charge in [0.15, 0.2) is 0 Å². The molecule has 0 aromatic heterocycles. The van der Waals surface area contributed by atoms with E-state index in [1.165, 1.54) is 0 Å². The average molecular weight is 326 g/mol. The van der Waals surface area contributed by atoms with E-state index < -0.39 is 0 Å². The van der Waals surface area contributed by atoms with Gasteiger partial charge in [0.05, 0.1) is 12.5 Å². The molecule has 1 amide bonds. The second-order valence-electron chi connectivity index (χ2n) is 5.93. The second kappa shape index (κ2) is 9.85. The van der Waals surface area contributed by atoms with Gasteiger partial charge in [0.2, 0.25) is 5.91 Å². The number of carbonyl (C=O) groups is 1. The molecule has 4 nitrogen and oxygen atoms in total. The summed E-state index contributed by atoms with van der Waals surface area (Å²) in [5, 5.41) is 0. The van der Waals surface area contributed by atoms with Crippen molar-refractivity contribution in [3.63, 3.8) is 0 Å². The fourth-order valence-electron chi connectivity index (χ4n) is 3.00. The van der Waals surface area contributed by atoms with E-state index in [0.29, 0.717) is 13.2 Å². The van der Waals surface area contributed by atoms with Crippen LogP contribution >= 0.6 is 0 Å². The summed E-state index contributed by atoms with van der Waals surface area (Å²) >= 11 is 0. The first-order chi connectivity index (χ1) is 11.7. The summed E-state index contributed by atoms with van der Waals surface area (Å²) in [6.07, 6.45) is 22.0. The van der Waals surface area contributed by atoms with E-state index in [2.05, 4.69) is 17.1 Å². The molecule has 0 spiro atoms. The fraction of sp³-hybridized carbons (Fsp3) is 0.350. The number of nitrogens with zero attached hydrogens (tertiary/aromatic N) is 1. The van der Waals surface area contributed by atoms with E-state index in [0.717, 1.165) is 18.7 Å². The average Bonchev–Trinajstić information content (AvgIpc) is 2.98. The van der Waals surface area contributed by atoms with Gasteiger partial charge in [-0.15, -0.1) is 0 Å². The van der Waals surface area contributed by atoms with E-state index in [1.807, 2.05) is 54.7 Å². The van der Waals surface area contributed by atoms with Crippen molar-refractivity contribution >= 4 is 5.91 Å². The monoisotopic (exact) mass is 326 g/mol. The number of primary amides is 1. The minimum absolute atomic E-state index is 0.108. The Morgan fingerprint density at radius 3 is 2.33 bits per heavy atom. The van der Waals surface area contributed by atoms with E-state index in [-0.39, 0.29) is 17.7 Å². The third-order valence-corrected chi connectivity index (χ3v) is 4.27. The molecule has 0 saturated carbocycles. The van der Waals surface area contributed by atoms with Crippen molar-refractivity contribution in [2.75, 3.05) is 33.4 Å². The predicted molar refractivity (Wildman–Crippen MR) is 98.3 cm³/mol. The van der Waals surface area contributed by atoms with Gasteiger partial charge in [-0.3, -0.25) is 9.69 Å². The zero-order valence-electron chi connectivity index (χ0n) is 14.2. The van der Waals surface area contributed by atoms with Crippen molar-refractivity contribution in [1.82, 2.24) is 4.90 Å². The van der Waals surface area contributed by atoms with E-state index in [4.69, 9.17) is 10.5 Å². The minimum Gasteiger partial charge on any atom is -0.383 e. The highest BCUT2D eigenvalue weighted by atomic mass is 16.5. The van der Waals surface area contributed by atoms with Crippen LogP contribution in [0.25, 0.3) is 0 Å². The third kappa shape index (κ3) is 5.48. The molecular weight excluding hydrogens is 300 g/mol. The lowest BCUT2D eigenvalue weighted by molar-refractivity contribution is -0.122. The van der Waals surface area contributed by atoms with E-state index in [1.54, 1.807) is 7.11 Å². The zero-order chi connectivity index (χ0) is 17.2. The molecule has 1 saturated heterocycles. The number of ether oxygens (including phenoxy) is 1. The first-order valence-electron chi connectivity index (χ1n) is 8.28. The minimum atomic E-state index is -0.234. The van der Waals surface area contributed by atoms with Gasteiger partial charge in [-0.25, -0.2) is 0 Å². The van der Waals surface area contributed by atoms with Crippen LogP contribution in [-0.2, 0) is 9.53 Å². The number of amides is 1. The number of methoxy groups -OCH3 is 1. The molecular formula is C20H26N2O2. The van der Waals surface area contributed by atoms with Crippen LogP contribution in [0.4, 0.5) is 0 Å². The van der Waals surface area contributed by atoms with Crippen LogP contribution in [0.2, 0.25) is 0 Å². The summed E-state index contributed by atoms with van der Waals surface area (Å²) in [6.45, 7) is 2.99. The van der Waals surface area contributed by atoms with Crippen LogP contribution < -0.4 is 5.73 Å². The topological polar surface area (TPSA) is 55.6 Å². The highest BCUT2D eigenvalue weighted by Crippen LogP contribution is 2.30. The van der Waals surface area contributed by atoms with Gasteiger partial charge in [0.25, 0.3) is 0 Å². The number of hydrogen-bond acceptors (Lipinski definition) is 3. The molecule has 4 heteroatoms. The Kier molecular flexibility index (Phi) is 7.46. The number of allylic oxidation sites excluding steroid dienone is 11. The first kappa shape index (κ1) is 18.2. The molecule has 1 aliphatic heterocycles. The van der Waals surface area contributed by atoms with Crippen molar-refractivity contribution in [1.29, 1.82) is 0 Å². The second-order valence-corrected chi connectivity index (χ2v) is 5.93. The Morgan fingerprint density at radius 1 is 1.08 bits per heavy atom. The summed E-state index contributed by atoms with van der Waals surface area (Å²) in [7, 11) is 1.69. The Labute approximate surface area is 144 Å². The van der Waals surface area contributed by atoms with Gasteiger partial charge in [-0.1, -0.05) is 66.8 Å². The van der Waals surface area contributed by atoms with Crippen molar-refractivity contribution in [3.8, 4) is 0 Å². The number of rotatable bonds is 5. The molecule has 2 rings (SSSR count). The quantitative estimate of drug-likeness (QED) is 0.844. The molecule has 0 radical (unpaired) electrons. The maximum atomic E-state index is 11.9. The number of likely N-dealkylation sites (tertiary alicyclic amines) is 1. The van der Waals surface area contributed by atoms with Gasteiger partial charge in [0.1, 0.15) is 0 Å². The Morgan fingerprint density at radius 2 is 1.71 bits per heavy atom. The first-order valence-corrected chi connectivity index (χ1v) is 8.28. The molecule has 0 aromatic rings. The highest BCUT2D eigenvalue weighted by molar-refractivity contribution is 5.78. The molecule has 2 N–H and O–H groups in total. The largest absolute Gasteiger partial charge is 0.383 e. The summed E-state index contributed by atoms with van der Waals surface area (Å²) in [6, 6.07) is 0. The summed E-state index contributed by atoms with van der Waals surface area (Å²) < 4.78 is 5.15. The summed E-state index contributed by atoms with van der Waals surface area (Å²) in [4.78, 5) is 14.2. The number of nitrogens with two attached hydrogens (primary N) is 1. The molecule has 1 unspecified atom stereocenters. The lowest BCUT2D eigenvalue weighted by Gasteiger charge is -2.17. The zero-order valence-corrected chi connectivity index (χ0v) is 14.2. The highest BCUT2D eigenvalue weighted by Gasteiger charge is 2.37. The van der Waals surface area contributed by atoms with Crippen molar-refractivity contribution in [2.45, 2.75) is 0 Å². The lowest BCUT2D eigenvalue weighted by Crippen LogP contribution is -2.31. The Bertz CT molecular complexity index is 597. The van der Waals surface area contributed by atoms with Crippen LogP contribution in [0, 0.1) is 11.8 Å². The van der Waals surface area contributed by atoms with Crippen LogP contribution in [0.1, 0.15) is 0 Å². The van der Waals surface area contributed by atoms with Crippen LogP contribution in [0.15, 0.2) is 72.4 Å². The Balaban J connectivity index is 2.21.